The second-order valence-corrected chi connectivity index (χ2v) is 3.08. The Labute approximate surface area is 94.3 Å². The Morgan fingerprint density at radius 1 is 0.727 bits per heavy atom. The zero-order valence-corrected chi connectivity index (χ0v) is 9.10. The molecule has 0 fully saturated rings. The molecule has 0 saturated carbocycles. The van der Waals surface area contributed by atoms with Gasteiger partial charge in [-0.15, -0.1) is 0 Å². The molecule has 0 amide bonds. The molecule has 8 nitrogen and oxygen atoms in total. The molecule has 0 spiro atoms. The van der Waals surface area contributed by atoms with Crippen molar-refractivity contribution in [2.75, 3.05) is 0 Å². The Kier molecular flexibility index (Phi) is 11.5. The van der Waals surface area contributed by atoms with Gasteiger partial charge in [0.2, 0.25) is 0 Å². The van der Waals surface area contributed by atoms with Crippen molar-refractivity contribution in [1.29, 1.82) is 0 Å². The van der Waals surface area contributed by atoms with Crippen LogP contribution < -0.4 is 0 Å². The van der Waals surface area contributed by atoms with Gasteiger partial charge in [0.05, 0.1) is 0 Å². The summed E-state index contributed by atoms with van der Waals surface area (Å²) in [7, 11) is -9.28. The quantitative estimate of drug-likeness (QED) is 0.209. The van der Waals surface area contributed by atoms with Gasteiger partial charge in [-0.1, -0.05) is 0 Å². The van der Waals surface area contributed by atoms with Crippen LogP contribution in [0.15, 0.2) is 0 Å². The Morgan fingerprint density at radius 3 is 0.727 bits per heavy atom. The van der Waals surface area contributed by atoms with Gasteiger partial charge in [0, 0.05) is 0 Å². The van der Waals surface area contributed by atoms with Crippen molar-refractivity contribution in [2.45, 2.75) is 0 Å². The molecule has 0 aliphatic rings. The van der Waals surface area contributed by atoms with E-state index in [2.05, 4.69) is 0 Å². The third-order valence-electron chi connectivity index (χ3n) is 0. The monoisotopic (exact) mass is 238 g/mol. The summed E-state index contributed by atoms with van der Waals surface area (Å²) in [6.45, 7) is 0. The molecule has 0 aliphatic heterocycles. The van der Waals surface area contributed by atoms with E-state index in [-0.39, 0.29) is 40.6 Å². The minimum Gasteiger partial charge on any atom is -1.00 e. The molecule has 0 bridgehead atoms. The minimum absolute atomic E-state index is 0. The average molecular weight is 238 g/mol. The average Bonchev–Trinajstić information content (AvgIpc) is 1.12. The van der Waals surface area contributed by atoms with Crippen molar-refractivity contribution in [1.82, 2.24) is 0 Å². The van der Waals surface area contributed by atoms with Gasteiger partial charge < -0.3 is 32.2 Å². The van der Waals surface area contributed by atoms with Crippen LogP contribution in [0.2, 0.25) is 0 Å². The molecule has 0 aliphatic carbocycles. The van der Waals surface area contributed by atoms with E-state index >= 15 is 0 Å². The van der Waals surface area contributed by atoms with E-state index in [0.717, 1.165) is 0 Å². The zero-order valence-electron chi connectivity index (χ0n) is 7.10. The van der Waals surface area contributed by atoms with E-state index < -0.39 is 15.6 Å². The maximum atomic E-state index is 8.88. The molecule has 0 radical (unpaired) electrons. The second kappa shape index (κ2) is 6.94. The standard InChI is InChI=1S/Ca.2H3O4P.2H/c;2*1-5(2,3)4;;/h;2*(H3,1,2,3,4);;/q+2;;;2*-1. The normalized spacial score (nSPS) is 10.7. The Hall–Kier alpha value is 1.48. The molecule has 11 heavy (non-hydrogen) atoms. The Bertz CT molecular complexity index is 132. The Balaban J connectivity index is -0.0000000267. The first-order chi connectivity index (χ1) is 4.00. The fourth-order valence-electron chi connectivity index (χ4n) is 0. The van der Waals surface area contributed by atoms with E-state index in [9.17, 15) is 0 Å². The number of hydrogen-bond acceptors (Lipinski definition) is 2. The molecule has 0 aromatic carbocycles. The van der Waals surface area contributed by atoms with Gasteiger partial charge in [-0.3, -0.25) is 0 Å². The van der Waals surface area contributed by atoms with Crippen LogP contribution in [0.5, 0.6) is 0 Å². The fraction of sp³-hybridized carbons (Fsp3) is 0. The summed E-state index contributed by atoms with van der Waals surface area (Å²) < 4.78 is 17.8. The molecule has 6 N–H and O–H groups in total. The van der Waals surface area contributed by atoms with Crippen LogP contribution in [-0.2, 0) is 9.13 Å². The molecule has 0 heterocycles. The third kappa shape index (κ3) is 471. The number of hydrogen-bond donors (Lipinski definition) is 6. The molecular weight excluding hydrogens is 230 g/mol. The topological polar surface area (TPSA) is 156 Å². The first-order valence-electron chi connectivity index (χ1n) is 1.57. The summed E-state index contributed by atoms with van der Waals surface area (Å²) in [6.07, 6.45) is 0. The van der Waals surface area contributed by atoms with Crippen LogP contribution in [0, 0.1) is 0 Å². The summed E-state index contributed by atoms with van der Waals surface area (Å²) in [5, 5.41) is 0. The number of rotatable bonds is 0. The zero-order chi connectivity index (χ0) is 9.00. The smallest absolute Gasteiger partial charge is 1.00 e. The van der Waals surface area contributed by atoms with Crippen molar-refractivity contribution >= 4 is 53.4 Å². The molecule has 0 rings (SSSR count). The van der Waals surface area contributed by atoms with Gasteiger partial charge in [-0.05, 0) is 0 Å². The molecule has 0 unspecified atom stereocenters. The molecule has 0 aromatic heterocycles. The summed E-state index contributed by atoms with van der Waals surface area (Å²) in [5.74, 6) is 0. The third-order valence-corrected chi connectivity index (χ3v) is 0. The van der Waals surface area contributed by atoms with Crippen LogP contribution in [-0.4, -0.2) is 67.1 Å². The summed E-state index contributed by atoms with van der Waals surface area (Å²) in [4.78, 5) is 43.1. The van der Waals surface area contributed by atoms with Gasteiger partial charge in [-0.2, -0.15) is 0 Å². The van der Waals surface area contributed by atoms with Gasteiger partial charge in [-0.25, -0.2) is 9.13 Å². The van der Waals surface area contributed by atoms with Crippen molar-refractivity contribution < 1.29 is 41.3 Å². The largest absolute Gasteiger partial charge is 2.00 e. The van der Waals surface area contributed by atoms with Crippen LogP contribution in [0.4, 0.5) is 0 Å². The van der Waals surface area contributed by atoms with Crippen molar-refractivity contribution in [3.05, 3.63) is 0 Å². The molecule has 0 atom stereocenters. The van der Waals surface area contributed by atoms with Crippen LogP contribution in [0.1, 0.15) is 2.85 Å². The maximum absolute atomic E-state index is 8.88. The van der Waals surface area contributed by atoms with E-state index in [0.29, 0.717) is 0 Å². The van der Waals surface area contributed by atoms with Gasteiger partial charge in [0.25, 0.3) is 0 Å². The predicted octanol–water partition coefficient (Wildman–Crippen LogP) is -2.01. The molecular formula is H8CaO8P2. The van der Waals surface area contributed by atoms with Gasteiger partial charge >= 0.3 is 53.4 Å². The minimum atomic E-state index is -4.64. The molecule has 68 valence electrons. The first-order valence-corrected chi connectivity index (χ1v) is 4.70. The second-order valence-electron chi connectivity index (χ2n) is 1.03. The van der Waals surface area contributed by atoms with Crippen LogP contribution in [0.3, 0.4) is 0 Å². The van der Waals surface area contributed by atoms with Crippen LogP contribution >= 0.6 is 15.6 Å². The van der Waals surface area contributed by atoms with Crippen molar-refractivity contribution in [3.63, 3.8) is 0 Å². The fourth-order valence-corrected chi connectivity index (χ4v) is 0. The number of phosphoric acid groups is 2. The van der Waals surface area contributed by atoms with E-state index in [1.807, 2.05) is 0 Å². The van der Waals surface area contributed by atoms with E-state index in [1.54, 1.807) is 0 Å². The van der Waals surface area contributed by atoms with Crippen molar-refractivity contribution in [3.8, 4) is 0 Å². The van der Waals surface area contributed by atoms with Crippen molar-refractivity contribution in [2.24, 2.45) is 0 Å². The molecule has 0 aromatic rings. The summed E-state index contributed by atoms with van der Waals surface area (Å²) >= 11 is 0. The van der Waals surface area contributed by atoms with E-state index in [1.165, 1.54) is 0 Å². The SMILES string of the molecule is O=P(O)(O)O.O=P(O)(O)O.[Ca+2].[H-].[H-]. The summed E-state index contributed by atoms with van der Waals surface area (Å²) in [6, 6.07) is 0. The van der Waals surface area contributed by atoms with Gasteiger partial charge in [0.15, 0.2) is 0 Å². The van der Waals surface area contributed by atoms with Crippen LogP contribution in [0.25, 0.3) is 0 Å². The first kappa shape index (κ1) is 18.3. The molecule has 11 heteroatoms. The maximum Gasteiger partial charge on any atom is 2.00 e. The predicted molar refractivity (Wildman–Crippen MR) is 36.5 cm³/mol. The van der Waals surface area contributed by atoms with Gasteiger partial charge in [0.1, 0.15) is 0 Å². The summed E-state index contributed by atoms with van der Waals surface area (Å²) in [5.41, 5.74) is 0. The van der Waals surface area contributed by atoms with E-state index in [4.69, 9.17) is 38.5 Å². The molecule has 0 saturated heterocycles. The Morgan fingerprint density at radius 2 is 0.727 bits per heavy atom.